The highest BCUT2D eigenvalue weighted by molar-refractivity contribution is 7.09. The van der Waals surface area contributed by atoms with Crippen LogP contribution in [-0.4, -0.2) is 34.8 Å². The van der Waals surface area contributed by atoms with Gasteiger partial charge in [-0.3, -0.25) is 0 Å². The molecule has 3 aromatic rings. The molecule has 1 unspecified atom stereocenters. The Hall–Kier alpha value is -2.57. The molecule has 3 heterocycles. The van der Waals surface area contributed by atoms with Crippen LogP contribution in [-0.2, 0) is 11.3 Å². The van der Waals surface area contributed by atoms with Crippen molar-refractivity contribution in [3.05, 3.63) is 71.2 Å². The highest BCUT2D eigenvalue weighted by Gasteiger charge is 2.23. The summed E-state index contributed by atoms with van der Waals surface area (Å²) in [4.78, 5) is 16.0. The van der Waals surface area contributed by atoms with Gasteiger partial charge in [-0.2, -0.15) is 0 Å². The summed E-state index contributed by atoms with van der Waals surface area (Å²) < 4.78 is 7.77. The summed E-state index contributed by atoms with van der Waals surface area (Å²) in [6.07, 6.45) is 6.18. The number of nitrogens with zero attached hydrogens (tertiary/aromatic N) is 2. The van der Waals surface area contributed by atoms with E-state index in [1.54, 1.807) is 11.3 Å². The lowest BCUT2D eigenvalue weighted by atomic mass is 10.2. The van der Waals surface area contributed by atoms with Gasteiger partial charge in [-0.05, 0) is 54.6 Å². The van der Waals surface area contributed by atoms with Crippen molar-refractivity contribution in [1.82, 2.24) is 9.47 Å². The summed E-state index contributed by atoms with van der Waals surface area (Å²) in [5, 5.41) is 5.09. The molecule has 5 nitrogen and oxygen atoms in total. The van der Waals surface area contributed by atoms with Crippen molar-refractivity contribution in [2.75, 3.05) is 18.5 Å². The average molecular weight is 382 g/mol. The molecule has 0 saturated carbocycles. The number of anilines is 1. The number of carbonyl (C=O) groups excluding carboxylic acids is 1. The first kappa shape index (κ1) is 17.8. The largest absolute Gasteiger partial charge is 0.376 e. The summed E-state index contributed by atoms with van der Waals surface area (Å²) in [5.74, 6) is 0. The van der Waals surface area contributed by atoms with Gasteiger partial charge in [0, 0.05) is 41.8 Å². The fraction of sp³-hybridized carbons (Fsp3) is 0.286. The van der Waals surface area contributed by atoms with Crippen molar-refractivity contribution in [3.63, 3.8) is 0 Å². The van der Waals surface area contributed by atoms with Crippen molar-refractivity contribution >= 4 is 23.1 Å². The van der Waals surface area contributed by atoms with Gasteiger partial charge < -0.3 is 19.5 Å². The van der Waals surface area contributed by atoms with Gasteiger partial charge in [0.1, 0.15) is 0 Å². The maximum absolute atomic E-state index is 13.0. The van der Waals surface area contributed by atoms with Crippen LogP contribution in [0.5, 0.6) is 0 Å². The summed E-state index contributed by atoms with van der Waals surface area (Å²) in [6, 6.07) is 15.8. The number of ether oxygens (including phenoxy) is 1. The first-order valence-corrected chi connectivity index (χ1v) is 10.1. The molecule has 1 aromatic carbocycles. The number of urea groups is 1. The van der Waals surface area contributed by atoms with E-state index < -0.39 is 0 Å². The maximum Gasteiger partial charge on any atom is 0.322 e. The van der Waals surface area contributed by atoms with Crippen molar-refractivity contribution in [2.45, 2.75) is 25.5 Å². The predicted octanol–water partition coefficient (Wildman–Crippen LogP) is 4.75. The Bertz CT molecular complexity index is 855. The van der Waals surface area contributed by atoms with Crippen LogP contribution in [0, 0.1) is 0 Å². The predicted molar refractivity (Wildman–Crippen MR) is 108 cm³/mol. The Kier molecular flexibility index (Phi) is 5.55. The molecule has 0 bridgehead atoms. The van der Waals surface area contributed by atoms with Crippen LogP contribution in [0.15, 0.2) is 66.3 Å². The standard InChI is InChI=1S/C21H23N3O2S/c25-21(22-17-6-3-7-18(14-17)23-10-1-2-11-23)24(15-19-8-4-12-26-19)16-20-9-5-13-27-20/h1-3,5-7,9-11,13-14,19H,4,8,12,15-16H2,(H,22,25). The fourth-order valence-electron chi connectivity index (χ4n) is 3.30. The van der Waals surface area contributed by atoms with Crippen LogP contribution in [0.3, 0.4) is 0 Å². The number of hydrogen-bond acceptors (Lipinski definition) is 3. The van der Waals surface area contributed by atoms with Gasteiger partial charge in [-0.1, -0.05) is 12.1 Å². The molecule has 0 aliphatic carbocycles. The van der Waals surface area contributed by atoms with E-state index in [-0.39, 0.29) is 12.1 Å². The van der Waals surface area contributed by atoms with Crippen LogP contribution in [0.2, 0.25) is 0 Å². The smallest absolute Gasteiger partial charge is 0.322 e. The van der Waals surface area contributed by atoms with Crippen LogP contribution < -0.4 is 5.32 Å². The molecule has 4 rings (SSSR count). The molecule has 1 aliphatic heterocycles. The highest BCUT2D eigenvalue weighted by Crippen LogP contribution is 2.20. The van der Waals surface area contributed by atoms with Crippen LogP contribution >= 0.6 is 11.3 Å². The van der Waals surface area contributed by atoms with Crippen LogP contribution in [0.25, 0.3) is 5.69 Å². The lowest BCUT2D eigenvalue weighted by Gasteiger charge is -2.25. The molecule has 1 saturated heterocycles. The third-order valence-corrected chi connectivity index (χ3v) is 5.52. The molecule has 27 heavy (non-hydrogen) atoms. The van der Waals surface area contributed by atoms with Gasteiger partial charge >= 0.3 is 6.03 Å². The zero-order chi connectivity index (χ0) is 18.5. The number of nitrogens with one attached hydrogen (secondary N) is 1. The van der Waals surface area contributed by atoms with Gasteiger partial charge in [-0.25, -0.2) is 4.79 Å². The number of amides is 2. The van der Waals surface area contributed by atoms with Crippen molar-refractivity contribution in [3.8, 4) is 5.69 Å². The Morgan fingerprint density at radius 3 is 2.85 bits per heavy atom. The molecule has 140 valence electrons. The number of aromatic nitrogens is 1. The van der Waals surface area contributed by atoms with E-state index in [1.807, 2.05) is 69.7 Å². The minimum absolute atomic E-state index is 0.0939. The van der Waals surface area contributed by atoms with Crippen molar-refractivity contribution < 1.29 is 9.53 Å². The minimum atomic E-state index is -0.0939. The number of carbonyl (C=O) groups is 1. The summed E-state index contributed by atoms with van der Waals surface area (Å²) in [7, 11) is 0. The number of benzene rings is 1. The van der Waals surface area contributed by atoms with E-state index in [2.05, 4.69) is 11.4 Å². The van der Waals surface area contributed by atoms with E-state index in [0.29, 0.717) is 13.1 Å². The van der Waals surface area contributed by atoms with Crippen molar-refractivity contribution in [2.24, 2.45) is 0 Å². The molecule has 0 spiro atoms. The van der Waals surface area contributed by atoms with Gasteiger partial charge in [-0.15, -0.1) is 11.3 Å². The molecule has 6 heteroatoms. The zero-order valence-corrected chi connectivity index (χ0v) is 15.9. The normalized spacial score (nSPS) is 16.4. The Balaban J connectivity index is 1.48. The molecule has 1 aliphatic rings. The average Bonchev–Trinajstić information content (AvgIpc) is 3.45. The second kappa shape index (κ2) is 8.41. The topological polar surface area (TPSA) is 46.5 Å². The van der Waals surface area contributed by atoms with Crippen LogP contribution in [0.1, 0.15) is 17.7 Å². The van der Waals surface area contributed by atoms with E-state index in [9.17, 15) is 4.79 Å². The second-order valence-electron chi connectivity index (χ2n) is 6.67. The van der Waals surface area contributed by atoms with Gasteiger partial charge in [0.05, 0.1) is 12.6 Å². The van der Waals surface area contributed by atoms with E-state index in [4.69, 9.17) is 4.74 Å². The number of hydrogen-bond donors (Lipinski definition) is 1. The lowest BCUT2D eigenvalue weighted by Crippen LogP contribution is -2.39. The quantitative estimate of drug-likeness (QED) is 0.670. The molecule has 2 amide bonds. The summed E-state index contributed by atoms with van der Waals surface area (Å²) in [5.41, 5.74) is 1.80. The third-order valence-electron chi connectivity index (χ3n) is 4.66. The van der Waals surface area contributed by atoms with Gasteiger partial charge in [0.15, 0.2) is 0 Å². The third kappa shape index (κ3) is 4.59. The monoisotopic (exact) mass is 381 g/mol. The first-order chi connectivity index (χ1) is 13.3. The number of rotatable bonds is 6. The van der Waals surface area contributed by atoms with Gasteiger partial charge in [0.25, 0.3) is 0 Å². The van der Waals surface area contributed by atoms with Gasteiger partial charge in [0.2, 0.25) is 0 Å². The summed E-state index contributed by atoms with van der Waals surface area (Å²) >= 11 is 1.67. The second-order valence-corrected chi connectivity index (χ2v) is 7.70. The highest BCUT2D eigenvalue weighted by atomic mass is 32.1. The number of thiophene rings is 1. The molecular weight excluding hydrogens is 358 g/mol. The molecule has 1 N–H and O–H groups in total. The molecule has 2 aromatic heterocycles. The van der Waals surface area contributed by atoms with Crippen LogP contribution in [0.4, 0.5) is 10.5 Å². The Morgan fingerprint density at radius 2 is 2.11 bits per heavy atom. The maximum atomic E-state index is 13.0. The minimum Gasteiger partial charge on any atom is -0.376 e. The van der Waals surface area contributed by atoms with E-state index in [1.165, 1.54) is 4.88 Å². The zero-order valence-electron chi connectivity index (χ0n) is 15.1. The molecule has 1 atom stereocenters. The van der Waals surface area contributed by atoms with E-state index in [0.717, 1.165) is 30.8 Å². The SMILES string of the molecule is O=C(Nc1cccc(-n2cccc2)c1)N(Cc1cccs1)CC1CCCO1. The lowest BCUT2D eigenvalue weighted by molar-refractivity contribution is 0.0821. The Labute approximate surface area is 163 Å². The fourth-order valence-corrected chi connectivity index (χ4v) is 4.02. The summed E-state index contributed by atoms with van der Waals surface area (Å²) in [6.45, 7) is 2.00. The molecule has 1 fully saturated rings. The Morgan fingerprint density at radius 1 is 1.22 bits per heavy atom. The molecular formula is C21H23N3O2S. The molecule has 0 radical (unpaired) electrons. The first-order valence-electron chi connectivity index (χ1n) is 9.21. The van der Waals surface area contributed by atoms with Crippen molar-refractivity contribution in [1.29, 1.82) is 0 Å². The van der Waals surface area contributed by atoms with E-state index >= 15 is 0 Å².